The third kappa shape index (κ3) is 3.43. The van der Waals surface area contributed by atoms with Crippen molar-refractivity contribution in [2.24, 2.45) is 0 Å². The second kappa shape index (κ2) is 6.45. The van der Waals surface area contributed by atoms with E-state index in [1.807, 2.05) is 0 Å². The minimum absolute atomic E-state index is 0.00455. The molecule has 2 rings (SSSR count). The Morgan fingerprint density at radius 2 is 2.15 bits per heavy atom. The summed E-state index contributed by atoms with van der Waals surface area (Å²) in [5.41, 5.74) is 0. The van der Waals surface area contributed by atoms with E-state index in [0.29, 0.717) is 16.5 Å². The highest BCUT2D eigenvalue weighted by Gasteiger charge is 2.34. The molecule has 108 valence electrons. The molecule has 1 N–H and O–H groups in total. The smallest absolute Gasteiger partial charge is 0.327 e. The molecular formula is C12H11F2NO3S2. The monoisotopic (exact) mass is 319 g/mol. The van der Waals surface area contributed by atoms with Gasteiger partial charge in [0.2, 0.25) is 5.91 Å². The van der Waals surface area contributed by atoms with Crippen LogP contribution in [0.2, 0.25) is 0 Å². The number of carbonyl (C=O) groups excluding carboxylic acids is 1. The second-order valence-electron chi connectivity index (χ2n) is 4.08. The minimum Gasteiger partial charge on any atom is -0.480 e. The lowest BCUT2D eigenvalue weighted by Crippen LogP contribution is -2.42. The average molecular weight is 319 g/mol. The van der Waals surface area contributed by atoms with Gasteiger partial charge in [0.05, 0.1) is 11.6 Å². The number of hydrogen-bond acceptors (Lipinski definition) is 4. The van der Waals surface area contributed by atoms with Gasteiger partial charge >= 0.3 is 5.97 Å². The highest BCUT2D eigenvalue weighted by molar-refractivity contribution is 8.00. The third-order valence-corrected chi connectivity index (χ3v) is 4.73. The van der Waals surface area contributed by atoms with Crippen molar-refractivity contribution in [3.8, 4) is 0 Å². The van der Waals surface area contributed by atoms with E-state index < -0.39 is 23.6 Å². The van der Waals surface area contributed by atoms with Gasteiger partial charge in [0.25, 0.3) is 0 Å². The largest absolute Gasteiger partial charge is 0.480 e. The van der Waals surface area contributed by atoms with Crippen LogP contribution in [0.1, 0.15) is 0 Å². The van der Waals surface area contributed by atoms with Crippen LogP contribution in [0.15, 0.2) is 23.1 Å². The van der Waals surface area contributed by atoms with E-state index >= 15 is 0 Å². The quantitative estimate of drug-likeness (QED) is 0.861. The Balaban J connectivity index is 1.94. The first kappa shape index (κ1) is 15.1. The molecule has 0 aromatic heterocycles. The molecule has 20 heavy (non-hydrogen) atoms. The number of halogens is 2. The van der Waals surface area contributed by atoms with Crippen molar-refractivity contribution >= 4 is 35.4 Å². The van der Waals surface area contributed by atoms with Crippen LogP contribution in [0, 0.1) is 11.6 Å². The van der Waals surface area contributed by atoms with Gasteiger partial charge in [0.15, 0.2) is 11.6 Å². The maximum absolute atomic E-state index is 13.0. The first-order valence-electron chi connectivity index (χ1n) is 5.67. The SMILES string of the molecule is O=C(O)C1CSCN1C(=O)CSc1ccc(F)c(F)c1. The lowest BCUT2D eigenvalue weighted by Gasteiger charge is -2.20. The molecule has 0 saturated carbocycles. The molecule has 8 heteroatoms. The summed E-state index contributed by atoms with van der Waals surface area (Å²) in [5, 5.41) is 8.98. The Labute approximate surface area is 122 Å². The lowest BCUT2D eigenvalue weighted by molar-refractivity contribution is -0.146. The van der Waals surface area contributed by atoms with Crippen molar-refractivity contribution in [3.05, 3.63) is 29.8 Å². The van der Waals surface area contributed by atoms with Crippen LogP contribution < -0.4 is 0 Å². The number of benzene rings is 1. The highest BCUT2D eigenvalue weighted by atomic mass is 32.2. The summed E-state index contributed by atoms with van der Waals surface area (Å²) in [7, 11) is 0. The van der Waals surface area contributed by atoms with Gasteiger partial charge in [0.1, 0.15) is 6.04 Å². The van der Waals surface area contributed by atoms with Gasteiger partial charge in [-0.15, -0.1) is 23.5 Å². The number of rotatable bonds is 4. The molecule has 1 aliphatic rings. The van der Waals surface area contributed by atoms with Gasteiger partial charge in [-0.3, -0.25) is 4.79 Å². The molecule has 1 atom stereocenters. The van der Waals surface area contributed by atoms with E-state index in [1.165, 1.54) is 22.7 Å². The molecule has 1 aromatic carbocycles. The molecule has 1 amide bonds. The molecule has 1 heterocycles. The summed E-state index contributed by atoms with van der Waals surface area (Å²) < 4.78 is 25.8. The molecule has 0 radical (unpaired) electrons. The molecule has 1 aliphatic heterocycles. The number of carboxylic acid groups (broad SMARTS) is 1. The Bertz CT molecular complexity index is 541. The van der Waals surface area contributed by atoms with Gasteiger partial charge in [-0.05, 0) is 18.2 Å². The summed E-state index contributed by atoms with van der Waals surface area (Å²) in [5.74, 6) is -2.55. The van der Waals surface area contributed by atoms with E-state index in [-0.39, 0.29) is 11.7 Å². The van der Waals surface area contributed by atoms with E-state index in [2.05, 4.69) is 0 Å². The Morgan fingerprint density at radius 3 is 2.80 bits per heavy atom. The van der Waals surface area contributed by atoms with Gasteiger partial charge in [0, 0.05) is 10.6 Å². The van der Waals surface area contributed by atoms with E-state index in [1.54, 1.807) is 0 Å². The van der Waals surface area contributed by atoms with Crippen molar-refractivity contribution in [1.29, 1.82) is 0 Å². The van der Waals surface area contributed by atoms with Crippen LogP contribution in [0.5, 0.6) is 0 Å². The summed E-state index contributed by atoms with van der Waals surface area (Å²) in [4.78, 5) is 24.6. The zero-order valence-corrected chi connectivity index (χ0v) is 11.8. The normalized spacial score (nSPS) is 18.3. The van der Waals surface area contributed by atoms with E-state index in [0.717, 1.165) is 23.9 Å². The number of thioether (sulfide) groups is 2. The Hall–Kier alpha value is -1.28. The number of carboxylic acids is 1. The van der Waals surface area contributed by atoms with Gasteiger partial charge in [-0.2, -0.15) is 0 Å². The van der Waals surface area contributed by atoms with Crippen LogP contribution in [0.4, 0.5) is 8.78 Å². The number of nitrogens with zero attached hydrogens (tertiary/aromatic N) is 1. The second-order valence-corrected chi connectivity index (χ2v) is 6.13. The van der Waals surface area contributed by atoms with Crippen LogP contribution >= 0.6 is 23.5 Å². The third-order valence-electron chi connectivity index (χ3n) is 2.74. The summed E-state index contributed by atoms with van der Waals surface area (Å²) >= 11 is 2.43. The summed E-state index contributed by atoms with van der Waals surface area (Å²) in [6.45, 7) is 0. The number of aliphatic carboxylic acids is 1. The van der Waals surface area contributed by atoms with Crippen LogP contribution in [0.3, 0.4) is 0 Å². The summed E-state index contributed by atoms with van der Waals surface area (Å²) in [6, 6.07) is 2.58. The van der Waals surface area contributed by atoms with E-state index in [9.17, 15) is 18.4 Å². The first-order chi connectivity index (χ1) is 9.49. The molecule has 4 nitrogen and oxygen atoms in total. The maximum atomic E-state index is 13.0. The standard InChI is InChI=1S/C12H11F2NO3S2/c13-8-2-1-7(3-9(8)14)20-5-11(16)15-6-19-4-10(15)12(17)18/h1-3,10H,4-6H2,(H,17,18). The topological polar surface area (TPSA) is 57.6 Å². The van der Waals surface area contributed by atoms with Crippen LogP contribution in [-0.2, 0) is 9.59 Å². The molecule has 0 bridgehead atoms. The van der Waals surface area contributed by atoms with Gasteiger partial charge in [-0.1, -0.05) is 0 Å². The van der Waals surface area contributed by atoms with Crippen LogP contribution in [0.25, 0.3) is 0 Å². The van der Waals surface area contributed by atoms with Crippen molar-refractivity contribution < 1.29 is 23.5 Å². The number of carbonyl (C=O) groups is 2. The fourth-order valence-electron chi connectivity index (χ4n) is 1.69. The van der Waals surface area contributed by atoms with E-state index in [4.69, 9.17) is 5.11 Å². The predicted octanol–water partition coefficient (Wildman–Crippen LogP) is 2.04. The van der Waals surface area contributed by atoms with Crippen LogP contribution in [-0.4, -0.2) is 45.3 Å². The van der Waals surface area contributed by atoms with Gasteiger partial charge < -0.3 is 10.0 Å². The fraction of sp³-hybridized carbons (Fsp3) is 0.333. The molecule has 1 saturated heterocycles. The fourth-order valence-corrected chi connectivity index (χ4v) is 3.67. The Kier molecular flexibility index (Phi) is 4.87. The first-order valence-corrected chi connectivity index (χ1v) is 7.81. The zero-order valence-electron chi connectivity index (χ0n) is 10.2. The van der Waals surface area contributed by atoms with Crippen molar-refractivity contribution in [3.63, 3.8) is 0 Å². The maximum Gasteiger partial charge on any atom is 0.327 e. The highest BCUT2D eigenvalue weighted by Crippen LogP contribution is 2.25. The molecular weight excluding hydrogens is 308 g/mol. The number of hydrogen-bond donors (Lipinski definition) is 1. The molecule has 0 spiro atoms. The molecule has 0 aliphatic carbocycles. The molecule has 1 aromatic rings. The average Bonchev–Trinajstić information content (AvgIpc) is 2.89. The molecule has 1 unspecified atom stereocenters. The van der Waals surface area contributed by atoms with Crippen molar-refractivity contribution in [2.75, 3.05) is 17.4 Å². The number of amides is 1. The predicted molar refractivity (Wildman–Crippen MR) is 72.7 cm³/mol. The minimum atomic E-state index is -1.03. The van der Waals surface area contributed by atoms with Crippen molar-refractivity contribution in [2.45, 2.75) is 10.9 Å². The Morgan fingerprint density at radius 1 is 1.40 bits per heavy atom. The van der Waals surface area contributed by atoms with Crippen molar-refractivity contribution in [1.82, 2.24) is 4.90 Å². The molecule has 1 fully saturated rings. The van der Waals surface area contributed by atoms with Gasteiger partial charge in [-0.25, -0.2) is 13.6 Å². The summed E-state index contributed by atoms with van der Waals surface area (Å²) in [6.07, 6.45) is 0. The lowest BCUT2D eigenvalue weighted by atomic mass is 10.3. The zero-order chi connectivity index (χ0) is 14.7.